The van der Waals surface area contributed by atoms with E-state index in [0.29, 0.717) is 12.4 Å². The van der Waals surface area contributed by atoms with Gasteiger partial charge in [0.1, 0.15) is 11.5 Å². The largest absolute Gasteiger partial charge is 0.327 e. The predicted molar refractivity (Wildman–Crippen MR) is 130 cm³/mol. The molecule has 5 rings (SSSR count). The number of amides is 1. The Morgan fingerprint density at radius 3 is 2.50 bits per heavy atom. The van der Waals surface area contributed by atoms with Gasteiger partial charge < -0.3 is 9.47 Å². The first-order valence-corrected chi connectivity index (χ1v) is 11.7. The molecule has 36 heavy (non-hydrogen) atoms. The normalized spacial score (nSPS) is 16.3. The van der Waals surface area contributed by atoms with Crippen LogP contribution in [0.15, 0.2) is 53.3 Å². The zero-order chi connectivity index (χ0) is 25.8. The zero-order valence-electron chi connectivity index (χ0n) is 20.4. The minimum Gasteiger partial charge on any atom is -0.327 e. The van der Waals surface area contributed by atoms with Gasteiger partial charge in [-0.1, -0.05) is 51.1 Å². The van der Waals surface area contributed by atoms with Gasteiger partial charge in [-0.05, 0) is 25.1 Å². The van der Waals surface area contributed by atoms with Crippen LogP contribution in [0.3, 0.4) is 0 Å². The maximum atomic E-state index is 15.7. The van der Waals surface area contributed by atoms with Crippen LogP contribution >= 0.6 is 0 Å². The predicted octanol–water partition coefficient (Wildman–Crippen LogP) is 4.00. The molecule has 0 saturated heterocycles. The molecule has 4 aromatic rings. The molecule has 186 valence electrons. The standard InChI is InChI=1S/C26H26F2N6O2/c1-15-13-34-20(29-32-24(34)25(2,3)4)14-33(15)23(36)16-8-7-9-17(12-16)26(27,28)21-18-10-5-6-11-19(18)22(35)31-30-21/h5-12,15H,13-14H2,1-4H3,(H,31,35)/t15-/m0/s1. The lowest BCUT2D eigenvalue weighted by Crippen LogP contribution is -2.45. The van der Waals surface area contributed by atoms with E-state index in [1.54, 1.807) is 17.0 Å². The maximum absolute atomic E-state index is 15.7. The molecular weight excluding hydrogens is 466 g/mol. The Morgan fingerprint density at radius 2 is 1.78 bits per heavy atom. The summed E-state index contributed by atoms with van der Waals surface area (Å²) >= 11 is 0. The first-order chi connectivity index (χ1) is 17.0. The lowest BCUT2D eigenvalue weighted by Gasteiger charge is -2.35. The number of carbonyl (C=O) groups is 1. The molecule has 1 atom stereocenters. The molecule has 2 aromatic carbocycles. The van der Waals surface area contributed by atoms with Gasteiger partial charge in [-0.2, -0.15) is 13.9 Å². The summed E-state index contributed by atoms with van der Waals surface area (Å²) in [6.07, 6.45) is 0. The molecule has 0 spiro atoms. The van der Waals surface area contributed by atoms with Crippen molar-refractivity contribution >= 4 is 16.7 Å². The van der Waals surface area contributed by atoms with Gasteiger partial charge >= 0.3 is 5.92 Å². The molecule has 1 N–H and O–H groups in total. The Morgan fingerprint density at radius 1 is 1.06 bits per heavy atom. The van der Waals surface area contributed by atoms with E-state index in [-0.39, 0.29) is 45.8 Å². The van der Waals surface area contributed by atoms with Crippen LogP contribution in [0.5, 0.6) is 0 Å². The number of fused-ring (bicyclic) bond motifs is 2. The Labute approximate surface area is 206 Å². The molecule has 10 heteroatoms. The first kappa shape index (κ1) is 23.8. The molecule has 0 radical (unpaired) electrons. The zero-order valence-corrected chi connectivity index (χ0v) is 20.4. The summed E-state index contributed by atoms with van der Waals surface area (Å²) in [5, 5.41) is 14.6. The van der Waals surface area contributed by atoms with Crippen LogP contribution in [0.4, 0.5) is 8.78 Å². The number of halogens is 2. The maximum Gasteiger partial charge on any atom is 0.317 e. The minimum atomic E-state index is -3.55. The van der Waals surface area contributed by atoms with Gasteiger partial charge in [0.05, 0.1) is 11.9 Å². The average molecular weight is 493 g/mol. The monoisotopic (exact) mass is 492 g/mol. The van der Waals surface area contributed by atoms with Crippen molar-refractivity contribution in [2.75, 3.05) is 0 Å². The smallest absolute Gasteiger partial charge is 0.317 e. The second-order valence-corrected chi connectivity index (χ2v) is 10.2. The van der Waals surface area contributed by atoms with E-state index in [1.807, 2.05) is 11.5 Å². The molecule has 0 fully saturated rings. The van der Waals surface area contributed by atoms with Crippen molar-refractivity contribution in [2.45, 2.75) is 58.2 Å². The molecule has 1 aliphatic rings. The number of nitrogens with one attached hydrogen (secondary N) is 1. The summed E-state index contributed by atoms with van der Waals surface area (Å²) < 4.78 is 33.4. The average Bonchev–Trinajstić information content (AvgIpc) is 3.26. The number of aromatic nitrogens is 5. The molecule has 8 nitrogen and oxygen atoms in total. The highest BCUT2D eigenvalue weighted by molar-refractivity contribution is 5.94. The van der Waals surface area contributed by atoms with E-state index < -0.39 is 17.2 Å². The summed E-state index contributed by atoms with van der Waals surface area (Å²) in [6, 6.07) is 11.3. The summed E-state index contributed by atoms with van der Waals surface area (Å²) in [6.45, 7) is 8.83. The molecule has 3 heterocycles. The van der Waals surface area contributed by atoms with Gasteiger partial charge in [-0.3, -0.25) is 9.59 Å². The van der Waals surface area contributed by atoms with E-state index in [2.05, 4.69) is 41.2 Å². The van der Waals surface area contributed by atoms with Gasteiger partial charge in [-0.25, -0.2) is 5.10 Å². The number of hydrogen-bond donors (Lipinski definition) is 1. The molecule has 0 unspecified atom stereocenters. The Hall–Kier alpha value is -3.95. The van der Waals surface area contributed by atoms with Crippen LogP contribution < -0.4 is 5.56 Å². The SMILES string of the molecule is C[C@H]1Cn2c(nnc2C(C)(C)C)CN1C(=O)c1cccc(C(F)(F)c2n[nH]c(=O)c3ccccc23)c1. The van der Waals surface area contributed by atoms with Gasteiger partial charge in [-0.15, -0.1) is 10.2 Å². The third kappa shape index (κ3) is 3.86. The van der Waals surface area contributed by atoms with Crippen LogP contribution in [-0.4, -0.2) is 41.8 Å². The minimum absolute atomic E-state index is 0.0571. The van der Waals surface area contributed by atoms with Crippen molar-refractivity contribution in [3.8, 4) is 0 Å². The van der Waals surface area contributed by atoms with Crippen LogP contribution in [0.2, 0.25) is 0 Å². The van der Waals surface area contributed by atoms with Crippen LogP contribution in [0, 0.1) is 0 Å². The van der Waals surface area contributed by atoms with Crippen molar-refractivity contribution < 1.29 is 13.6 Å². The molecule has 1 amide bonds. The number of carbonyl (C=O) groups excluding carboxylic acids is 1. The van der Waals surface area contributed by atoms with Crippen molar-refractivity contribution in [1.29, 1.82) is 0 Å². The lowest BCUT2D eigenvalue weighted by atomic mass is 9.95. The number of benzene rings is 2. The summed E-state index contributed by atoms with van der Waals surface area (Å²) in [5.74, 6) is -2.41. The number of alkyl halides is 2. The van der Waals surface area contributed by atoms with Gasteiger partial charge in [0, 0.05) is 34.5 Å². The van der Waals surface area contributed by atoms with Gasteiger partial charge in [0.15, 0.2) is 5.82 Å². The number of nitrogens with zero attached hydrogens (tertiary/aromatic N) is 5. The third-order valence-corrected chi connectivity index (χ3v) is 6.52. The van der Waals surface area contributed by atoms with Crippen LogP contribution in [-0.2, 0) is 24.4 Å². The van der Waals surface area contributed by atoms with E-state index in [9.17, 15) is 9.59 Å². The van der Waals surface area contributed by atoms with E-state index >= 15 is 8.78 Å². The summed E-state index contributed by atoms with van der Waals surface area (Å²) in [7, 11) is 0. The highest BCUT2D eigenvalue weighted by Gasteiger charge is 2.39. The van der Waals surface area contributed by atoms with Crippen molar-refractivity contribution in [2.24, 2.45) is 0 Å². The third-order valence-electron chi connectivity index (χ3n) is 6.52. The Bertz CT molecular complexity index is 1540. The van der Waals surface area contributed by atoms with E-state index in [0.717, 1.165) is 5.82 Å². The fraction of sp³-hybridized carbons (Fsp3) is 0.346. The van der Waals surface area contributed by atoms with Crippen molar-refractivity contribution in [3.05, 3.63) is 87.4 Å². The molecule has 1 aliphatic heterocycles. The summed E-state index contributed by atoms with van der Waals surface area (Å²) in [5.41, 5.74) is -1.57. The Kier molecular flexibility index (Phi) is 5.50. The number of hydrogen-bond acceptors (Lipinski definition) is 5. The molecule has 0 bridgehead atoms. The highest BCUT2D eigenvalue weighted by atomic mass is 19.3. The van der Waals surface area contributed by atoms with Crippen LogP contribution in [0.25, 0.3) is 10.8 Å². The van der Waals surface area contributed by atoms with Crippen molar-refractivity contribution in [1.82, 2.24) is 29.9 Å². The first-order valence-electron chi connectivity index (χ1n) is 11.7. The second kappa shape index (κ2) is 8.32. The number of aromatic amines is 1. The second-order valence-electron chi connectivity index (χ2n) is 10.2. The summed E-state index contributed by atoms with van der Waals surface area (Å²) in [4.78, 5) is 27.1. The highest BCUT2D eigenvalue weighted by Crippen LogP contribution is 2.37. The topological polar surface area (TPSA) is 96.8 Å². The Balaban J connectivity index is 1.49. The van der Waals surface area contributed by atoms with Crippen LogP contribution in [0.1, 0.15) is 61.0 Å². The van der Waals surface area contributed by atoms with Gasteiger partial charge in [0.25, 0.3) is 11.5 Å². The van der Waals surface area contributed by atoms with Crippen molar-refractivity contribution in [3.63, 3.8) is 0 Å². The molecular formula is C26H26F2N6O2. The quantitative estimate of drug-likeness (QED) is 0.466. The van der Waals surface area contributed by atoms with E-state index in [1.165, 1.54) is 36.4 Å². The number of rotatable bonds is 3. The fourth-order valence-electron chi connectivity index (χ4n) is 4.65. The lowest BCUT2D eigenvalue weighted by molar-refractivity contribution is 0.0386. The van der Waals surface area contributed by atoms with E-state index in [4.69, 9.17) is 0 Å². The molecule has 0 aliphatic carbocycles. The number of H-pyrrole nitrogens is 1. The van der Waals surface area contributed by atoms with Gasteiger partial charge in [0.2, 0.25) is 0 Å². The molecule has 2 aromatic heterocycles. The fourth-order valence-corrected chi connectivity index (χ4v) is 4.65. The molecule has 0 saturated carbocycles.